The summed E-state index contributed by atoms with van der Waals surface area (Å²) in [5.41, 5.74) is 4.41. The highest BCUT2D eigenvalue weighted by molar-refractivity contribution is 5.51. The maximum Gasteiger partial charge on any atom is 0.147 e. The summed E-state index contributed by atoms with van der Waals surface area (Å²) in [5.74, 6) is -0.321. The maximum atomic E-state index is 14.3. The highest BCUT2D eigenvalue weighted by Crippen LogP contribution is 2.24. The standard InChI is InChI=1S/C19H24FN5/c1-13-17(14(2)24(3)23-13)11-22-16-5-4-8-25(12-16)19-7-6-15(10-21)9-18(19)20/h6-7,9,16,22H,4-5,8,11-12H2,1-3H3/t16-/m0/s1. The summed E-state index contributed by atoms with van der Waals surface area (Å²) in [6, 6.07) is 6.99. The van der Waals surface area contributed by atoms with E-state index in [0.29, 0.717) is 17.3 Å². The Kier molecular flexibility index (Phi) is 5.05. The molecule has 1 aromatic heterocycles. The van der Waals surface area contributed by atoms with Gasteiger partial charge in [-0.3, -0.25) is 4.68 Å². The summed E-state index contributed by atoms with van der Waals surface area (Å²) < 4.78 is 16.2. The number of aromatic nitrogens is 2. The molecule has 0 unspecified atom stereocenters. The topological polar surface area (TPSA) is 56.9 Å². The third-order valence-corrected chi connectivity index (χ3v) is 5.07. The van der Waals surface area contributed by atoms with E-state index >= 15 is 0 Å². The monoisotopic (exact) mass is 341 g/mol. The lowest BCUT2D eigenvalue weighted by Gasteiger charge is -2.35. The molecule has 1 saturated heterocycles. The van der Waals surface area contributed by atoms with E-state index < -0.39 is 0 Å². The van der Waals surface area contributed by atoms with Crippen LogP contribution >= 0.6 is 0 Å². The molecule has 2 heterocycles. The van der Waals surface area contributed by atoms with Crippen LogP contribution in [0.4, 0.5) is 10.1 Å². The van der Waals surface area contributed by atoms with Crippen molar-refractivity contribution in [3.8, 4) is 6.07 Å². The zero-order chi connectivity index (χ0) is 18.0. The average Bonchev–Trinajstić information content (AvgIpc) is 2.85. The number of halogens is 1. The summed E-state index contributed by atoms with van der Waals surface area (Å²) in [7, 11) is 1.96. The maximum absolute atomic E-state index is 14.3. The minimum absolute atomic E-state index is 0.308. The highest BCUT2D eigenvalue weighted by Gasteiger charge is 2.22. The zero-order valence-electron chi connectivity index (χ0n) is 15.0. The molecule has 0 aliphatic carbocycles. The van der Waals surface area contributed by atoms with Crippen LogP contribution < -0.4 is 10.2 Å². The first-order chi connectivity index (χ1) is 12.0. The number of piperidine rings is 1. The van der Waals surface area contributed by atoms with Gasteiger partial charge in [0.2, 0.25) is 0 Å². The second-order valence-electron chi connectivity index (χ2n) is 6.72. The molecule has 5 nitrogen and oxygen atoms in total. The quantitative estimate of drug-likeness (QED) is 0.929. The zero-order valence-corrected chi connectivity index (χ0v) is 15.0. The van der Waals surface area contributed by atoms with E-state index in [1.54, 1.807) is 12.1 Å². The second-order valence-corrected chi connectivity index (χ2v) is 6.72. The van der Waals surface area contributed by atoms with Crippen LogP contribution in [-0.4, -0.2) is 28.9 Å². The van der Waals surface area contributed by atoms with E-state index in [9.17, 15) is 4.39 Å². The fourth-order valence-corrected chi connectivity index (χ4v) is 3.52. The van der Waals surface area contributed by atoms with Crippen molar-refractivity contribution in [1.29, 1.82) is 5.26 Å². The number of rotatable bonds is 4. The number of nitrogens with one attached hydrogen (secondary N) is 1. The van der Waals surface area contributed by atoms with Crippen molar-refractivity contribution in [2.24, 2.45) is 7.05 Å². The van der Waals surface area contributed by atoms with Crippen LogP contribution in [0.5, 0.6) is 0 Å². The van der Waals surface area contributed by atoms with Crippen LogP contribution in [-0.2, 0) is 13.6 Å². The van der Waals surface area contributed by atoms with Gasteiger partial charge in [-0.2, -0.15) is 10.4 Å². The van der Waals surface area contributed by atoms with Gasteiger partial charge in [0.15, 0.2) is 0 Å². The molecular formula is C19H24FN5. The number of aryl methyl sites for hydroxylation is 2. The van der Waals surface area contributed by atoms with Gasteiger partial charge < -0.3 is 10.2 Å². The third-order valence-electron chi connectivity index (χ3n) is 5.07. The van der Waals surface area contributed by atoms with Gasteiger partial charge in [0.05, 0.1) is 23.0 Å². The van der Waals surface area contributed by atoms with Gasteiger partial charge in [-0.05, 0) is 44.9 Å². The molecule has 0 spiro atoms. The average molecular weight is 341 g/mol. The van der Waals surface area contributed by atoms with Gasteiger partial charge in [0, 0.05) is 44.0 Å². The molecule has 1 N–H and O–H groups in total. The van der Waals surface area contributed by atoms with Crippen molar-refractivity contribution < 1.29 is 4.39 Å². The van der Waals surface area contributed by atoms with Gasteiger partial charge in [0.1, 0.15) is 5.82 Å². The molecule has 3 rings (SSSR count). The molecule has 1 aliphatic heterocycles. The van der Waals surface area contributed by atoms with Crippen molar-refractivity contribution in [3.05, 3.63) is 46.5 Å². The van der Waals surface area contributed by atoms with Crippen LogP contribution in [0.3, 0.4) is 0 Å². The molecule has 1 fully saturated rings. The normalized spacial score (nSPS) is 17.6. The van der Waals surface area contributed by atoms with E-state index in [1.807, 2.05) is 24.7 Å². The largest absolute Gasteiger partial charge is 0.368 e. The smallest absolute Gasteiger partial charge is 0.147 e. The molecule has 0 bridgehead atoms. The molecule has 0 saturated carbocycles. The molecule has 132 valence electrons. The molecule has 2 aromatic rings. The van der Waals surface area contributed by atoms with Gasteiger partial charge in [-0.25, -0.2) is 4.39 Å². The van der Waals surface area contributed by atoms with E-state index in [4.69, 9.17) is 5.26 Å². The fourth-order valence-electron chi connectivity index (χ4n) is 3.52. The Bertz CT molecular complexity index is 805. The van der Waals surface area contributed by atoms with Gasteiger partial charge >= 0.3 is 0 Å². The predicted molar refractivity (Wildman–Crippen MR) is 95.9 cm³/mol. The van der Waals surface area contributed by atoms with E-state index in [0.717, 1.165) is 38.2 Å². The Morgan fingerprint density at radius 3 is 2.84 bits per heavy atom. The number of hydrogen-bond donors (Lipinski definition) is 1. The van der Waals surface area contributed by atoms with Crippen molar-refractivity contribution in [2.45, 2.75) is 39.3 Å². The fraction of sp³-hybridized carbons (Fsp3) is 0.474. The number of hydrogen-bond acceptors (Lipinski definition) is 4. The lowest BCUT2D eigenvalue weighted by molar-refractivity contribution is 0.418. The van der Waals surface area contributed by atoms with Crippen LogP contribution in [0.1, 0.15) is 35.4 Å². The van der Waals surface area contributed by atoms with Crippen LogP contribution in [0.25, 0.3) is 0 Å². The molecule has 0 amide bonds. The number of anilines is 1. The molecule has 1 aliphatic rings. The molecule has 1 atom stereocenters. The Morgan fingerprint density at radius 2 is 2.20 bits per heavy atom. The van der Waals surface area contributed by atoms with Crippen molar-refractivity contribution in [1.82, 2.24) is 15.1 Å². The summed E-state index contributed by atoms with van der Waals surface area (Å²) >= 11 is 0. The highest BCUT2D eigenvalue weighted by atomic mass is 19.1. The second kappa shape index (κ2) is 7.24. The van der Waals surface area contributed by atoms with Gasteiger partial charge in [-0.15, -0.1) is 0 Å². The molecule has 1 aromatic carbocycles. The lowest BCUT2D eigenvalue weighted by Crippen LogP contribution is -2.45. The molecule has 25 heavy (non-hydrogen) atoms. The van der Waals surface area contributed by atoms with Crippen molar-refractivity contribution >= 4 is 5.69 Å². The Balaban J connectivity index is 1.66. The molecule has 0 radical (unpaired) electrons. The number of benzene rings is 1. The first kappa shape index (κ1) is 17.4. The van der Waals surface area contributed by atoms with Crippen molar-refractivity contribution in [2.75, 3.05) is 18.0 Å². The molecular weight excluding hydrogens is 317 g/mol. The van der Waals surface area contributed by atoms with E-state index in [2.05, 4.69) is 22.2 Å². The van der Waals surface area contributed by atoms with Crippen LogP contribution in [0.2, 0.25) is 0 Å². The van der Waals surface area contributed by atoms with E-state index in [-0.39, 0.29) is 5.82 Å². The Morgan fingerprint density at radius 1 is 1.40 bits per heavy atom. The van der Waals surface area contributed by atoms with Crippen LogP contribution in [0.15, 0.2) is 18.2 Å². The third kappa shape index (κ3) is 3.67. The number of nitrogens with zero attached hydrogens (tertiary/aromatic N) is 4. The number of nitriles is 1. The Hall–Kier alpha value is -2.39. The predicted octanol–water partition coefficient (Wildman–Crippen LogP) is 2.81. The molecule has 6 heteroatoms. The van der Waals surface area contributed by atoms with Crippen LogP contribution in [0, 0.1) is 31.0 Å². The first-order valence-electron chi connectivity index (χ1n) is 8.66. The Labute approximate surface area is 148 Å². The van der Waals surface area contributed by atoms with E-state index in [1.165, 1.54) is 17.3 Å². The summed E-state index contributed by atoms with van der Waals surface area (Å²) in [4.78, 5) is 2.07. The summed E-state index contributed by atoms with van der Waals surface area (Å²) in [6.07, 6.45) is 2.09. The summed E-state index contributed by atoms with van der Waals surface area (Å²) in [5, 5.41) is 16.9. The SMILES string of the molecule is Cc1nn(C)c(C)c1CN[C@H]1CCCN(c2ccc(C#N)cc2F)C1. The minimum atomic E-state index is -0.321. The van der Waals surface area contributed by atoms with Gasteiger partial charge in [0.25, 0.3) is 0 Å². The summed E-state index contributed by atoms with van der Waals surface area (Å²) in [6.45, 7) is 6.49. The first-order valence-corrected chi connectivity index (χ1v) is 8.66. The van der Waals surface area contributed by atoms with Gasteiger partial charge in [-0.1, -0.05) is 0 Å². The minimum Gasteiger partial charge on any atom is -0.368 e. The lowest BCUT2D eigenvalue weighted by atomic mass is 10.0. The van der Waals surface area contributed by atoms with Crippen molar-refractivity contribution in [3.63, 3.8) is 0 Å².